The molecule has 0 amide bonds. The lowest BCUT2D eigenvalue weighted by Crippen LogP contribution is -2.53. The Bertz CT molecular complexity index is 495. The number of carbonyl (C=O) groups is 1. The summed E-state index contributed by atoms with van der Waals surface area (Å²) in [4.78, 5) is 12.8. The van der Waals surface area contributed by atoms with Crippen LogP contribution in [0.3, 0.4) is 0 Å². The van der Waals surface area contributed by atoms with E-state index in [0.717, 1.165) is 10.9 Å². The lowest BCUT2D eigenvalue weighted by molar-refractivity contribution is -0.145. The standard InChI is InChI=1S/C15H20BrNO2S/c1-10(2)17-15(14(18)19)7-6-13(9-15)20-12-5-3-4-11(16)8-12/h3-5,8,10,13,17H,6-7,9H2,1-2H3,(H,18,19). The average molecular weight is 358 g/mol. The minimum Gasteiger partial charge on any atom is -0.480 e. The van der Waals surface area contributed by atoms with Gasteiger partial charge < -0.3 is 5.11 Å². The van der Waals surface area contributed by atoms with Crippen LogP contribution in [-0.2, 0) is 4.79 Å². The van der Waals surface area contributed by atoms with Gasteiger partial charge in [-0.2, -0.15) is 0 Å². The SMILES string of the molecule is CC(C)NC1(C(=O)O)CCC(Sc2cccc(Br)c2)C1. The minimum atomic E-state index is -0.752. The van der Waals surface area contributed by atoms with Crippen molar-refractivity contribution in [2.75, 3.05) is 0 Å². The van der Waals surface area contributed by atoms with Crippen molar-refractivity contribution in [3.05, 3.63) is 28.7 Å². The van der Waals surface area contributed by atoms with Crippen LogP contribution in [0.25, 0.3) is 0 Å². The Morgan fingerprint density at radius 3 is 2.90 bits per heavy atom. The number of carboxylic acids is 1. The molecule has 1 saturated carbocycles. The maximum atomic E-state index is 11.6. The van der Waals surface area contributed by atoms with Gasteiger partial charge in [0.2, 0.25) is 0 Å². The Morgan fingerprint density at radius 2 is 2.30 bits per heavy atom. The van der Waals surface area contributed by atoms with Gasteiger partial charge in [0, 0.05) is 20.7 Å². The van der Waals surface area contributed by atoms with Crippen molar-refractivity contribution >= 4 is 33.7 Å². The van der Waals surface area contributed by atoms with Crippen molar-refractivity contribution in [3.63, 3.8) is 0 Å². The van der Waals surface area contributed by atoms with E-state index in [-0.39, 0.29) is 6.04 Å². The lowest BCUT2D eigenvalue weighted by atomic mass is 9.97. The summed E-state index contributed by atoms with van der Waals surface area (Å²) in [7, 11) is 0. The van der Waals surface area contributed by atoms with Gasteiger partial charge in [0.05, 0.1) is 0 Å². The molecule has 2 rings (SSSR count). The van der Waals surface area contributed by atoms with Crippen LogP contribution in [0.15, 0.2) is 33.6 Å². The van der Waals surface area contributed by atoms with E-state index in [1.807, 2.05) is 26.0 Å². The third-order valence-corrected chi connectivity index (χ3v) is 5.30. The molecule has 0 radical (unpaired) electrons. The first-order valence-electron chi connectivity index (χ1n) is 6.84. The molecule has 0 spiro atoms. The second kappa shape index (κ2) is 6.50. The monoisotopic (exact) mass is 357 g/mol. The van der Waals surface area contributed by atoms with Crippen LogP contribution in [0.1, 0.15) is 33.1 Å². The Labute approximate surface area is 132 Å². The largest absolute Gasteiger partial charge is 0.480 e. The topological polar surface area (TPSA) is 49.3 Å². The van der Waals surface area contributed by atoms with Gasteiger partial charge in [-0.3, -0.25) is 10.1 Å². The maximum absolute atomic E-state index is 11.6. The smallest absolute Gasteiger partial charge is 0.323 e. The van der Waals surface area contributed by atoms with Gasteiger partial charge in [0.25, 0.3) is 0 Å². The fourth-order valence-electron chi connectivity index (χ4n) is 2.77. The normalized spacial score (nSPS) is 26.1. The van der Waals surface area contributed by atoms with Crippen molar-refractivity contribution in [2.24, 2.45) is 0 Å². The molecule has 1 fully saturated rings. The van der Waals surface area contributed by atoms with Gasteiger partial charge in [-0.05, 0) is 51.3 Å². The van der Waals surface area contributed by atoms with Crippen LogP contribution in [0.2, 0.25) is 0 Å². The summed E-state index contributed by atoms with van der Waals surface area (Å²) in [5.74, 6) is -0.719. The molecule has 2 N–H and O–H groups in total. The van der Waals surface area contributed by atoms with E-state index < -0.39 is 11.5 Å². The number of carboxylic acid groups (broad SMARTS) is 1. The third-order valence-electron chi connectivity index (χ3n) is 3.54. The van der Waals surface area contributed by atoms with E-state index in [1.165, 1.54) is 4.90 Å². The van der Waals surface area contributed by atoms with Gasteiger partial charge in [-0.1, -0.05) is 22.0 Å². The first-order chi connectivity index (χ1) is 9.41. The molecule has 0 saturated heterocycles. The lowest BCUT2D eigenvalue weighted by Gasteiger charge is -2.28. The molecule has 0 bridgehead atoms. The fraction of sp³-hybridized carbons (Fsp3) is 0.533. The molecule has 0 aliphatic heterocycles. The van der Waals surface area contributed by atoms with Crippen molar-refractivity contribution in [1.82, 2.24) is 5.32 Å². The summed E-state index contributed by atoms with van der Waals surface area (Å²) in [5.41, 5.74) is -0.752. The van der Waals surface area contributed by atoms with E-state index in [0.29, 0.717) is 18.1 Å². The van der Waals surface area contributed by atoms with Crippen LogP contribution in [-0.4, -0.2) is 27.9 Å². The Balaban J connectivity index is 2.05. The molecule has 2 atom stereocenters. The predicted octanol–water partition coefficient (Wildman–Crippen LogP) is 3.92. The van der Waals surface area contributed by atoms with Crippen molar-refractivity contribution in [2.45, 2.75) is 54.8 Å². The first-order valence-corrected chi connectivity index (χ1v) is 8.52. The molecule has 0 aromatic heterocycles. The first kappa shape index (κ1) is 15.9. The number of halogens is 1. The Hall–Kier alpha value is -0.520. The fourth-order valence-corrected chi connectivity index (χ4v) is 4.66. The van der Waals surface area contributed by atoms with Gasteiger partial charge in [-0.15, -0.1) is 11.8 Å². The van der Waals surface area contributed by atoms with Crippen LogP contribution >= 0.6 is 27.7 Å². The van der Waals surface area contributed by atoms with Crippen LogP contribution in [0, 0.1) is 0 Å². The zero-order valence-corrected chi connectivity index (χ0v) is 14.1. The molecule has 1 aromatic rings. The van der Waals surface area contributed by atoms with E-state index in [1.54, 1.807) is 11.8 Å². The summed E-state index contributed by atoms with van der Waals surface area (Å²) in [6.45, 7) is 4.00. The molecule has 2 unspecified atom stereocenters. The highest BCUT2D eigenvalue weighted by Crippen LogP contribution is 2.41. The van der Waals surface area contributed by atoms with Crippen molar-refractivity contribution in [1.29, 1.82) is 0 Å². The summed E-state index contributed by atoms with van der Waals surface area (Å²) in [6.07, 6.45) is 2.31. The molecule has 1 aliphatic carbocycles. The van der Waals surface area contributed by atoms with Crippen LogP contribution in [0.5, 0.6) is 0 Å². The number of rotatable bonds is 5. The molecule has 5 heteroatoms. The molecule has 110 valence electrons. The third kappa shape index (κ3) is 3.77. The highest BCUT2D eigenvalue weighted by atomic mass is 79.9. The van der Waals surface area contributed by atoms with E-state index in [2.05, 4.69) is 33.4 Å². The number of benzene rings is 1. The second-order valence-electron chi connectivity index (χ2n) is 5.63. The number of nitrogens with one attached hydrogen (secondary N) is 1. The highest BCUT2D eigenvalue weighted by Gasteiger charge is 2.45. The maximum Gasteiger partial charge on any atom is 0.323 e. The highest BCUT2D eigenvalue weighted by molar-refractivity contribution is 9.10. The van der Waals surface area contributed by atoms with E-state index >= 15 is 0 Å². The summed E-state index contributed by atoms with van der Waals surface area (Å²) in [6, 6.07) is 8.35. The molecule has 1 aliphatic rings. The summed E-state index contributed by atoms with van der Waals surface area (Å²) in [5, 5.41) is 13.2. The molecule has 20 heavy (non-hydrogen) atoms. The van der Waals surface area contributed by atoms with Gasteiger partial charge in [-0.25, -0.2) is 0 Å². The van der Waals surface area contributed by atoms with Crippen LogP contribution < -0.4 is 5.32 Å². The Kier molecular flexibility index (Phi) is 5.15. The van der Waals surface area contributed by atoms with Gasteiger partial charge in [0.15, 0.2) is 0 Å². The van der Waals surface area contributed by atoms with Gasteiger partial charge >= 0.3 is 5.97 Å². The van der Waals surface area contributed by atoms with E-state index in [9.17, 15) is 9.90 Å². The number of hydrogen-bond acceptors (Lipinski definition) is 3. The molecule has 0 heterocycles. The van der Waals surface area contributed by atoms with E-state index in [4.69, 9.17) is 0 Å². The van der Waals surface area contributed by atoms with Crippen molar-refractivity contribution < 1.29 is 9.90 Å². The van der Waals surface area contributed by atoms with Crippen LogP contribution in [0.4, 0.5) is 0 Å². The number of aliphatic carboxylic acids is 1. The predicted molar refractivity (Wildman–Crippen MR) is 86.3 cm³/mol. The molecular weight excluding hydrogens is 338 g/mol. The number of thioether (sulfide) groups is 1. The zero-order valence-electron chi connectivity index (χ0n) is 11.7. The van der Waals surface area contributed by atoms with Crippen molar-refractivity contribution in [3.8, 4) is 0 Å². The zero-order chi connectivity index (χ0) is 14.8. The molecular formula is C15H20BrNO2S. The Morgan fingerprint density at radius 1 is 1.55 bits per heavy atom. The quantitative estimate of drug-likeness (QED) is 0.838. The molecule has 1 aromatic carbocycles. The summed E-state index contributed by atoms with van der Waals surface area (Å²) >= 11 is 5.25. The minimum absolute atomic E-state index is 0.181. The average Bonchev–Trinajstić information content (AvgIpc) is 2.72. The second-order valence-corrected chi connectivity index (χ2v) is 7.92. The summed E-state index contributed by atoms with van der Waals surface area (Å²) < 4.78 is 1.06. The molecule has 3 nitrogen and oxygen atoms in total. The van der Waals surface area contributed by atoms with Gasteiger partial charge in [0.1, 0.15) is 5.54 Å². The number of hydrogen-bond donors (Lipinski definition) is 2.